The Morgan fingerprint density at radius 2 is 1.75 bits per heavy atom. The third kappa shape index (κ3) is 4.64. The van der Waals surface area contributed by atoms with Crippen LogP contribution in [0.4, 0.5) is 24.5 Å². The highest BCUT2D eigenvalue weighted by molar-refractivity contribution is 6.30. The van der Waals surface area contributed by atoms with Gasteiger partial charge in [0.15, 0.2) is 0 Å². The number of nitrogens with zero attached hydrogens (tertiary/aromatic N) is 2. The third-order valence-corrected chi connectivity index (χ3v) is 6.17. The lowest BCUT2D eigenvalue weighted by molar-refractivity contribution is -0.384. The average Bonchev–Trinajstić information content (AvgIpc) is 3.29. The first-order valence-corrected chi connectivity index (χ1v) is 11.0. The second kappa shape index (κ2) is 9.27. The van der Waals surface area contributed by atoms with E-state index < -0.39 is 29.0 Å². The van der Waals surface area contributed by atoms with Gasteiger partial charge in [0.25, 0.3) is 17.2 Å². The van der Waals surface area contributed by atoms with Gasteiger partial charge >= 0.3 is 6.18 Å². The molecule has 36 heavy (non-hydrogen) atoms. The van der Waals surface area contributed by atoms with E-state index in [1.54, 1.807) is 38.1 Å². The maximum absolute atomic E-state index is 14.4. The number of oxime groups is 1. The standard InChI is InChI=1S/C25H19ClF3N3O4/c1-14-10-18(11-15(2)22(14)30-23(33)17-4-3-5-20(12-17)32(34)35)24(25(27,28)29)13-21(31-36-24)16-6-8-19(26)9-7-16/h3-12H,13H2,1-2H3,(H,30,33). The van der Waals surface area contributed by atoms with Crippen molar-refractivity contribution < 1.29 is 27.7 Å². The van der Waals surface area contributed by atoms with Crippen molar-refractivity contribution in [2.75, 3.05) is 5.32 Å². The molecule has 1 unspecified atom stereocenters. The first-order chi connectivity index (χ1) is 16.9. The summed E-state index contributed by atoms with van der Waals surface area (Å²) in [6.45, 7) is 3.11. The van der Waals surface area contributed by atoms with Crippen LogP contribution in [0.1, 0.15) is 39.0 Å². The van der Waals surface area contributed by atoms with Gasteiger partial charge in [-0.1, -0.05) is 35.0 Å². The molecule has 1 aliphatic rings. The van der Waals surface area contributed by atoms with Crippen LogP contribution in [-0.2, 0) is 10.4 Å². The molecule has 1 heterocycles. The van der Waals surface area contributed by atoms with Gasteiger partial charge in [-0.2, -0.15) is 13.2 Å². The van der Waals surface area contributed by atoms with Gasteiger partial charge in [-0.05, 0) is 60.9 Å². The Morgan fingerprint density at radius 1 is 1.11 bits per heavy atom. The fourth-order valence-electron chi connectivity index (χ4n) is 4.04. The zero-order chi connectivity index (χ0) is 26.3. The summed E-state index contributed by atoms with van der Waals surface area (Å²) in [6.07, 6.45) is -5.34. The van der Waals surface area contributed by atoms with Gasteiger partial charge in [-0.15, -0.1) is 0 Å². The number of benzene rings is 3. The van der Waals surface area contributed by atoms with Crippen LogP contribution in [0, 0.1) is 24.0 Å². The fraction of sp³-hybridized carbons (Fsp3) is 0.200. The SMILES string of the molecule is Cc1cc(C2(C(F)(F)F)CC(c3ccc(Cl)cc3)=NO2)cc(C)c1NC(=O)c1cccc([N+](=O)[O-])c1. The number of aryl methyl sites for hydroxylation is 2. The molecule has 0 radical (unpaired) electrons. The lowest BCUT2D eigenvalue weighted by atomic mass is 9.84. The second-order valence-electron chi connectivity index (χ2n) is 8.38. The number of nitro benzene ring substituents is 1. The minimum absolute atomic E-state index is 0.0407. The molecule has 0 saturated carbocycles. The van der Waals surface area contributed by atoms with E-state index in [2.05, 4.69) is 10.5 Å². The van der Waals surface area contributed by atoms with Crippen molar-refractivity contribution in [2.24, 2.45) is 5.16 Å². The molecule has 0 bridgehead atoms. The van der Waals surface area contributed by atoms with E-state index >= 15 is 0 Å². The minimum atomic E-state index is -4.79. The molecule has 3 aromatic carbocycles. The molecule has 186 valence electrons. The summed E-state index contributed by atoms with van der Waals surface area (Å²) in [6, 6.07) is 14.0. The van der Waals surface area contributed by atoms with Crippen molar-refractivity contribution in [2.45, 2.75) is 32.0 Å². The number of hydrogen-bond donors (Lipinski definition) is 1. The summed E-state index contributed by atoms with van der Waals surface area (Å²) >= 11 is 5.88. The van der Waals surface area contributed by atoms with Gasteiger partial charge in [-0.3, -0.25) is 14.9 Å². The van der Waals surface area contributed by atoms with Crippen molar-refractivity contribution in [1.82, 2.24) is 0 Å². The van der Waals surface area contributed by atoms with E-state index in [9.17, 15) is 28.1 Å². The molecule has 4 rings (SSSR count). The minimum Gasteiger partial charge on any atom is -0.374 e. The van der Waals surface area contributed by atoms with E-state index in [4.69, 9.17) is 16.4 Å². The number of carbonyl (C=O) groups is 1. The maximum Gasteiger partial charge on any atom is 0.435 e. The molecule has 11 heteroatoms. The van der Waals surface area contributed by atoms with Gasteiger partial charge in [0, 0.05) is 40.4 Å². The summed E-state index contributed by atoms with van der Waals surface area (Å²) in [5, 5.41) is 17.8. The zero-order valence-corrected chi connectivity index (χ0v) is 19.8. The number of non-ortho nitro benzene ring substituents is 1. The number of carbonyl (C=O) groups excluding carboxylic acids is 1. The van der Waals surface area contributed by atoms with E-state index in [0.717, 1.165) is 6.07 Å². The molecule has 1 atom stereocenters. The molecule has 0 fully saturated rings. The highest BCUT2D eigenvalue weighted by Gasteiger charge is 2.62. The number of rotatable bonds is 5. The topological polar surface area (TPSA) is 93.8 Å². The molecule has 0 aliphatic carbocycles. The van der Waals surface area contributed by atoms with Crippen molar-refractivity contribution in [3.8, 4) is 0 Å². The molecule has 0 aromatic heterocycles. The number of hydrogen-bond acceptors (Lipinski definition) is 5. The highest BCUT2D eigenvalue weighted by atomic mass is 35.5. The Hall–Kier alpha value is -3.92. The summed E-state index contributed by atoms with van der Waals surface area (Å²) in [5.41, 5.74) is -1.49. The number of anilines is 1. The molecule has 0 spiro atoms. The van der Waals surface area contributed by atoms with Gasteiger partial charge in [-0.25, -0.2) is 0 Å². The van der Waals surface area contributed by atoms with Crippen LogP contribution in [0.2, 0.25) is 5.02 Å². The largest absolute Gasteiger partial charge is 0.435 e. The number of alkyl halides is 3. The molecule has 1 aliphatic heterocycles. The first-order valence-electron chi connectivity index (χ1n) is 10.7. The lowest BCUT2D eigenvalue weighted by Crippen LogP contribution is -2.42. The monoisotopic (exact) mass is 517 g/mol. The average molecular weight is 518 g/mol. The van der Waals surface area contributed by atoms with E-state index in [1.165, 1.54) is 30.3 Å². The van der Waals surface area contributed by atoms with Crippen LogP contribution >= 0.6 is 11.6 Å². The Labute approximate surface area is 208 Å². The number of nitro groups is 1. The van der Waals surface area contributed by atoms with E-state index in [-0.39, 0.29) is 22.5 Å². The first kappa shape index (κ1) is 25.2. The van der Waals surface area contributed by atoms with Gasteiger partial charge in [0.05, 0.1) is 10.6 Å². The number of halogens is 4. The molecule has 1 N–H and O–H groups in total. The molecule has 1 amide bonds. The van der Waals surface area contributed by atoms with Crippen LogP contribution in [0.3, 0.4) is 0 Å². The molecular weight excluding hydrogens is 499 g/mol. The zero-order valence-electron chi connectivity index (χ0n) is 19.0. The lowest BCUT2D eigenvalue weighted by Gasteiger charge is -2.30. The molecule has 0 saturated heterocycles. The number of nitrogens with one attached hydrogen (secondary N) is 1. The quantitative estimate of drug-likeness (QED) is 0.301. The molecule has 7 nitrogen and oxygen atoms in total. The fourth-order valence-corrected chi connectivity index (χ4v) is 4.17. The Kier molecular flexibility index (Phi) is 6.48. The van der Waals surface area contributed by atoms with Gasteiger partial charge < -0.3 is 10.2 Å². The Bertz CT molecular complexity index is 1370. The van der Waals surface area contributed by atoms with Crippen LogP contribution < -0.4 is 5.32 Å². The van der Waals surface area contributed by atoms with Crippen LogP contribution in [0.25, 0.3) is 0 Å². The van der Waals surface area contributed by atoms with E-state index in [0.29, 0.717) is 27.4 Å². The Morgan fingerprint density at radius 3 is 2.33 bits per heavy atom. The van der Waals surface area contributed by atoms with Crippen molar-refractivity contribution >= 4 is 34.6 Å². The van der Waals surface area contributed by atoms with Crippen LogP contribution in [0.5, 0.6) is 0 Å². The maximum atomic E-state index is 14.4. The van der Waals surface area contributed by atoms with Crippen LogP contribution in [0.15, 0.2) is 65.8 Å². The predicted octanol–water partition coefficient (Wildman–Crippen LogP) is 6.70. The smallest absolute Gasteiger partial charge is 0.374 e. The predicted molar refractivity (Wildman–Crippen MR) is 128 cm³/mol. The summed E-state index contributed by atoms with van der Waals surface area (Å²) < 4.78 is 43.2. The molecule has 3 aromatic rings. The van der Waals surface area contributed by atoms with Crippen molar-refractivity contribution in [1.29, 1.82) is 0 Å². The summed E-state index contributed by atoms with van der Waals surface area (Å²) in [5.74, 6) is -0.631. The van der Waals surface area contributed by atoms with Gasteiger partial charge in [0.1, 0.15) is 0 Å². The normalized spacial score (nSPS) is 17.3. The van der Waals surface area contributed by atoms with E-state index in [1.807, 2.05) is 0 Å². The third-order valence-electron chi connectivity index (χ3n) is 5.92. The van der Waals surface area contributed by atoms with Crippen molar-refractivity contribution in [3.63, 3.8) is 0 Å². The number of amides is 1. The van der Waals surface area contributed by atoms with Crippen molar-refractivity contribution in [3.05, 3.63) is 104 Å². The second-order valence-corrected chi connectivity index (χ2v) is 8.82. The highest BCUT2D eigenvalue weighted by Crippen LogP contribution is 2.49. The molecular formula is C25H19ClF3N3O4. The van der Waals surface area contributed by atoms with Gasteiger partial charge in [0.2, 0.25) is 0 Å². The summed E-state index contributed by atoms with van der Waals surface area (Å²) in [4.78, 5) is 28.2. The summed E-state index contributed by atoms with van der Waals surface area (Å²) in [7, 11) is 0. The van der Waals surface area contributed by atoms with Crippen LogP contribution in [-0.4, -0.2) is 22.7 Å². The Balaban J connectivity index is 1.65.